The molecule has 3 aromatic heterocycles. The molecule has 38 nitrogen and oxygen atoms in total. The smallest absolute Gasteiger partial charge is 0.335 e. The van der Waals surface area contributed by atoms with E-state index >= 15 is 0 Å². The Labute approximate surface area is 453 Å². The molecule has 11 rings (SSSR count). The standard InChI is InChI=1S/C14H20N6O7S.C13H18N6O7S.C12H17N5O7S/c1-18-11-5-15-6-12(9(11)4-16-18)26-17-13(21)10-3-2-8-7-19(10)14(22)20(8)27-28(23,24)25;20-12(17-25-11-5-14-4-9-8(11)3-15-16-9)10-2-1-7-6-18(10)13(21)19(7)26-27(22,23)24;18-11(14-23-6-5-15-4-3-13-8-15)10-2-1-9-7-16(10)12(19)17(9)24-25(20,21)22/h4,8,10,12,15H,2-3,5-7H2,1H3,(H,17,21)(H,23,24,25);3,7,10-11,14H,1-2,4-6H2,(H,15,16)(H,17,20)(H,22,23,24);3-4,8-10H,1-2,5-7H2,(H,14,18)(H,20,21,22)/t8-,10+,12?;7-,10+,11?;9-,10+/m111/s1. The van der Waals surface area contributed by atoms with Crippen LogP contribution in [-0.2, 0) is 99.6 Å². The molecule has 6 saturated heterocycles. The van der Waals surface area contributed by atoms with Crippen molar-refractivity contribution in [2.75, 3.05) is 39.3 Å². The lowest BCUT2D eigenvalue weighted by atomic mass is 10.0. The molecule has 11 heterocycles. The van der Waals surface area contributed by atoms with Crippen molar-refractivity contribution in [2.45, 2.75) is 107 Å². The van der Waals surface area contributed by atoms with Crippen LogP contribution in [0, 0.1) is 0 Å². The van der Waals surface area contributed by atoms with Gasteiger partial charge in [-0.25, -0.2) is 35.8 Å². The van der Waals surface area contributed by atoms with E-state index in [4.69, 9.17) is 28.2 Å². The molecule has 80 heavy (non-hydrogen) atoms. The molecule has 0 spiro atoms. The van der Waals surface area contributed by atoms with Crippen LogP contribution in [0.5, 0.6) is 0 Å². The Balaban J connectivity index is 0.000000145. The third kappa shape index (κ3) is 13.4. The van der Waals surface area contributed by atoms with Gasteiger partial charge in [-0.15, -0.1) is 12.9 Å². The molecule has 0 aliphatic carbocycles. The Morgan fingerprint density at radius 3 is 1.57 bits per heavy atom. The average molecular weight is 1190 g/mol. The van der Waals surface area contributed by atoms with Crippen LogP contribution in [0.15, 0.2) is 31.1 Å². The molecule has 8 atom stereocenters. The number of amides is 9. The lowest BCUT2D eigenvalue weighted by Gasteiger charge is -2.30. The first-order valence-electron chi connectivity index (χ1n) is 24.5. The maximum atomic E-state index is 12.6. The van der Waals surface area contributed by atoms with Crippen molar-refractivity contribution in [2.24, 2.45) is 7.05 Å². The molecule has 8 aliphatic heterocycles. The van der Waals surface area contributed by atoms with E-state index in [2.05, 4.69) is 60.2 Å². The number of aryl methyl sites for hydroxylation is 1. The topological polar surface area (TPSA) is 465 Å². The first kappa shape index (κ1) is 57.9. The summed E-state index contributed by atoms with van der Waals surface area (Å²) >= 11 is 0. The highest BCUT2D eigenvalue weighted by molar-refractivity contribution is 7.81. The molecule has 3 aromatic rings. The van der Waals surface area contributed by atoms with Crippen molar-refractivity contribution in [3.05, 3.63) is 53.6 Å². The van der Waals surface area contributed by atoms with Crippen molar-refractivity contribution in [1.29, 1.82) is 0 Å². The van der Waals surface area contributed by atoms with E-state index in [-0.39, 0.29) is 26.2 Å². The number of H-pyrrole nitrogens is 1. The van der Waals surface area contributed by atoms with Crippen molar-refractivity contribution in [1.82, 2.24) is 86.5 Å². The predicted octanol–water partition coefficient (Wildman–Crippen LogP) is -3.85. The molecule has 2 unspecified atom stereocenters. The SMILES string of the molecule is Cn1ncc2c1CNCC2ONC(=O)[C@@H]1CC[C@@H]2CN1C(=O)N2OS(=O)(=O)O.O=C(NOC1CNCc2[nH]ncc21)[C@@H]1CC[C@@H]2CN1C(=O)N2OS(=O)(=O)O.O=C(NOCCn1ccnc1)[C@@H]1CC[C@@H]2CN1C(=O)N2OS(=O)(=O)O. The molecule has 9 amide bonds. The van der Waals surface area contributed by atoms with Crippen LogP contribution < -0.4 is 27.1 Å². The van der Waals surface area contributed by atoms with Crippen LogP contribution in [0.2, 0.25) is 0 Å². The minimum atomic E-state index is -4.83. The van der Waals surface area contributed by atoms with Crippen molar-refractivity contribution >= 4 is 67.0 Å². The molecule has 0 radical (unpaired) electrons. The molecule has 8 aliphatic rings. The summed E-state index contributed by atoms with van der Waals surface area (Å²) in [6, 6.07) is -6.50. The zero-order valence-corrected chi connectivity index (χ0v) is 44.4. The number of rotatable bonds is 17. The van der Waals surface area contributed by atoms with Crippen LogP contribution in [0.25, 0.3) is 0 Å². The highest BCUT2D eigenvalue weighted by Gasteiger charge is 2.52. The summed E-state index contributed by atoms with van der Waals surface area (Å²) in [5, 5.41) is 19.1. The molecule has 6 bridgehead atoms. The Morgan fingerprint density at radius 2 is 1.11 bits per heavy atom. The first-order chi connectivity index (χ1) is 37.9. The number of hydroxylamine groups is 9. The summed E-state index contributed by atoms with van der Waals surface area (Å²) in [6.07, 6.45) is 9.40. The zero-order valence-electron chi connectivity index (χ0n) is 41.9. The quantitative estimate of drug-likeness (QED) is 0.0355. The van der Waals surface area contributed by atoms with Gasteiger partial charge in [0.15, 0.2) is 0 Å². The molecule has 6 fully saturated rings. The number of carbonyl (C=O) groups excluding carboxylic acids is 6. The summed E-state index contributed by atoms with van der Waals surface area (Å²) < 4.78 is 108. The molecular weight excluding hydrogens is 1140 g/mol. The normalized spacial score (nSPS) is 26.0. The fourth-order valence-electron chi connectivity index (χ4n) is 10.3. The van der Waals surface area contributed by atoms with E-state index < -0.39 is 115 Å². The van der Waals surface area contributed by atoms with E-state index in [9.17, 15) is 54.0 Å². The maximum absolute atomic E-state index is 12.6. The van der Waals surface area contributed by atoms with Gasteiger partial charge in [0.05, 0.1) is 54.8 Å². The van der Waals surface area contributed by atoms with Gasteiger partial charge in [-0.3, -0.25) is 52.3 Å². The Kier molecular flexibility index (Phi) is 17.2. The Morgan fingerprint density at radius 1 is 0.650 bits per heavy atom. The van der Waals surface area contributed by atoms with E-state index in [0.29, 0.717) is 86.4 Å². The minimum Gasteiger partial charge on any atom is -0.335 e. The highest BCUT2D eigenvalue weighted by Crippen LogP contribution is 2.34. The van der Waals surface area contributed by atoms with Crippen LogP contribution in [-0.4, -0.2) is 210 Å². The third-order valence-corrected chi connectivity index (χ3v) is 15.0. The molecular formula is C39H55N17O21S3. The summed E-state index contributed by atoms with van der Waals surface area (Å²) in [5.74, 6) is -1.55. The highest BCUT2D eigenvalue weighted by atomic mass is 32.3. The third-order valence-electron chi connectivity index (χ3n) is 14.0. The van der Waals surface area contributed by atoms with Crippen molar-refractivity contribution < 1.29 is 95.0 Å². The second-order valence-electron chi connectivity index (χ2n) is 19.0. The zero-order chi connectivity index (χ0) is 57.3. The number of imidazole rings is 1. The van der Waals surface area contributed by atoms with Gasteiger partial charge in [0, 0.05) is 82.9 Å². The summed E-state index contributed by atoms with van der Waals surface area (Å²) in [7, 11) is -12.6. The van der Waals surface area contributed by atoms with Crippen molar-refractivity contribution in [3.63, 3.8) is 0 Å². The minimum absolute atomic E-state index is 0.114. The van der Waals surface area contributed by atoms with Gasteiger partial charge >= 0.3 is 49.3 Å². The van der Waals surface area contributed by atoms with Gasteiger partial charge in [0.25, 0.3) is 17.7 Å². The summed E-state index contributed by atoms with van der Waals surface area (Å²) in [5.41, 5.74) is 10.6. The number of nitrogens with zero attached hydrogens (tertiary/aromatic N) is 11. The number of nitrogens with one attached hydrogen (secondary N) is 6. The van der Waals surface area contributed by atoms with Gasteiger partial charge in [-0.2, -0.15) is 50.6 Å². The largest absolute Gasteiger partial charge is 0.418 e. The number of hydrogen-bond acceptors (Lipinski definition) is 23. The van der Waals surface area contributed by atoms with Gasteiger partial charge in [0.2, 0.25) is 0 Å². The van der Waals surface area contributed by atoms with Gasteiger partial charge in [-0.05, 0) is 38.5 Å². The van der Waals surface area contributed by atoms with Gasteiger partial charge in [-0.1, -0.05) is 0 Å². The lowest BCUT2D eigenvalue weighted by molar-refractivity contribution is -0.144. The number of hydrogen-bond donors (Lipinski definition) is 9. The number of piperidine rings is 3. The fourth-order valence-corrected chi connectivity index (χ4v) is 11.4. The van der Waals surface area contributed by atoms with Crippen LogP contribution in [0.1, 0.15) is 73.2 Å². The second-order valence-corrected chi connectivity index (χ2v) is 22.0. The van der Waals surface area contributed by atoms with E-state index in [1.807, 2.05) is 7.05 Å². The molecule has 0 aromatic carbocycles. The molecule has 41 heteroatoms. The molecule has 440 valence electrons. The molecule has 0 saturated carbocycles. The van der Waals surface area contributed by atoms with Gasteiger partial charge < -0.3 is 29.9 Å². The van der Waals surface area contributed by atoms with Crippen LogP contribution in [0.3, 0.4) is 0 Å². The molecule has 9 N–H and O–H groups in total. The second kappa shape index (κ2) is 23.8. The Bertz CT molecular complexity index is 3150. The number of urea groups is 3. The number of fused-ring (bicyclic) bond motifs is 8. The number of aromatic nitrogens is 6. The summed E-state index contributed by atoms with van der Waals surface area (Å²) in [4.78, 5) is 97.8. The Hall–Kier alpha value is -6.74. The predicted molar refractivity (Wildman–Crippen MR) is 256 cm³/mol. The van der Waals surface area contributed by atoms with E-state index in [1.165, 1.54) is 14.7 Å². The maximum Gasteiger partial charge on any atom is 0.418 e. The number of carbonyl (C=O) groups is 6. The fraction of sp³-hybridized carbons (Fsp3) is 0.615. The van der Waals surface area contributed by atoms with E-state index in [1.54, 1.807) is 40.4 Å². The van der Waals surface area contributed by atoms with E-state index in [0.717, 1.165) is 22.5 Å². The van der Waals surface area contributed by atoms with Crippen LogP contribution >= 0.6 is 0 Å². The average Bonchev–Trinajstić information content (AvgIpc) is 4.35. The first-order valence-corrected chi connectivity index (χ1v) is 28.6. The number of aromatic amines is 1. The summed E-state index contributed by atoms with van der Waals surface area (Å²) in [6.45, 7) is 3.31. The van der Waals surface area contributed by atoms with Crippen molar-refractivity contribution in [3.8, 4) is 0 Å². The monoisotopic (exact) mass is 1190 g/mol. The van der Waals surface area contributed by atoms with Gasteiger partial charge in [0.1, 0.15) is 30.3 Å². The van der Waals surface area contributed by atoms with Crippen LogP contribution in [0.4, 0.5) is 14.4 Å². The lowest BCUT2D eigenvalue weighted by Crippen LogP contribution is -2.50.